The van der Waals surface area contributed by atoms with Gasteiger partial charge in [-0.3, -0.25) is 14.5 Å². The minimum Gasteiger partial charge on any atom is -0.486 e. The molecule has 2 aliphatic heterocycles. The maximum absolute atomic E-state index is 13.6. The first-order valence-corrected chi connectivity index (χ1v) is 12.9. The van der Waals surface area contributed by atoms with Crippen molar-refractivity contribution in [3.8, 4) is 17.2 Å². The van der Waals surface area contributed by atoms with Crippen LogP contribution >= 0.6 is 0 Å². The Morgan fingerprint density at radius 1 is 1.22 bits per heavy atom. The van der Waals surface area contributed by atoms with E-state index in [1.54, 1.807) is 23.1 Å². The average Bonchev–Trinajstić information content (AvgIpc) is 3.64. The van der Waals surface area contributed by atoms with E-state index in [1.165, 1.54) is 0 Å². The second-order valence-corrected chi connectivity index (χ2v) is 10.5. The highest BCUT2D eigenvalue weighted by molar-refractivity contribution is 6.02. The van der Waals surface area contributed by atoms with E-state index in [-0.39, 0.29) is 49.2 Å². The summed E-state index contributed by atoms with van der Waals surface area (Å²) in [6.07, 6.45) is 1.50. The molecule has 198 valence electrons. The number of likely N-dealkylation sites (N-methyl/N-ethyl adjacent to an activating group) is 1. The highest BCUT2D eigenvalue weighted by atomic mass is 16.7. The fraction of sp³-hybridized carbons (Fsp3) is 0.500. The first-order valence-electron chi connectivity index (χ1n) is 12.9. The number of benzene rings is 2. The van der Waals surface area contributed by atoms with Gasteiger partial charge in [0.2, 0.25) is 12.7 Å². The van der Waals surface area contributed by atoms with E-state index in [0.717, 1.165) is 29.9 Å². The molecule has 0 radical (unpaired) electrons. The summed E-state index contributed by atoms with van der Waals surface area (Å²) >= 11 is 0. The fourth-order valence-electron chi connectivity index (χ4n) is 4.86. The number of para-hydroxylation sites is 1. The van der Waals surface area contributed by atoms with E-state index in [4.69, 9.17) is 14.2 Å². The van der Waals surface area contributed by atoms with Gasteiger partial charge in [0, 0.05) is 31.5 Å². The number of nitrogens with one attached hydrogen (secondary N) is 1. The summed E-state index contributed by atoms with van der Waals surface area (Å²) in [4.78, 5) is 30.1. The van der Waals surface area contributed by atoms with Crippen LogP contribution in [0.3, 0.4) is 0 Å². The summed E-state index contributed by atoms with van der Waals surface area (Å²) in [5.41, 5.74) is 2.00. The lowest BCUT2D eigenvalue weighted by atomic mass is 9.98. The molecule has 5 rings (SSSR count). The molecule has 0 unspecified atom stereocenters. The summed E-state index contributed by atoms with van der Waals surface area (Å²) in [5, 5.41) is 12.9. The van der Waals surface area contributed by atoms with E-state index >= 15 is 0 Å². The highest BCUT2D eigenvalue weighted by Crippen LogP contribution is 2.37. The summed E-state index contributed by atoms with van der Waals surface area (Å²) in [6.45, 7) is 5.71. The van der Waals surface area contributed by atoms with Crippen molar-refractivity contribution in [1.82, 2.24) is 9.80 Å². The second kappa shape index (κ2) is 10.6. The van der Waals surface area contributed by atoms with Gasteiger partial charge >= 0.3 is 0 Å². The Kier molecular flexibility index (Phi) is 7.26. The molecular formula is C28H35N3O6. The maximum Gasteiger partial charge on any atom is 0.258 e. The molecule has 0 saturated heterocycles. The molecule has 37 heavy (non-hydrogen) atoms. The lowest BCUT2D eigenvalue weighted by Gasteiger charge is -2.38. The molecule has 3 atom stereocenters. The van der Waals surface area contributed by atoms with Gasteiger partial charge in [0.05, 0.1) is 23.9 Å². The number of carbonyl (C=O) groups is 2. The topological polar surface area (TPSA) is 101 Å². The lowest BCUT2D eigenvalue weighted by molar-refractivity contribution is -0.117. The van der Waals surface area contributed by atoms with Crippen LogP contribution in [-0.2, 0) is 11.3 Å². The summed E-state index contributed by atoms with van der Waals surface area (Å²) in [5.74, 6) is 1.63. The van der Waals surface area contributed by atoms with Crippen molar-refractivity contribution >= 4 is 17.5 Å². The Hall–Kier alpha value is -3.30. The van der Waals surface area contributed by atoms with Gasteiger partial charge in [-0.05, 0) is 56.6 Å². The predicted molar refractivity (Wildman–Crippen MR) is 138 cm³/mol. The number of aliphatic hydroxyl groups excluding tert-OH is 1. The summed E-state index contributed by atoms with van der Waals surface area (Å²) < 4.78 is 17.5. The van der Waals surface area contributed by atoms with Crippen molar-refractivity contribution in [1.29, 1.82) is 0 Å². The van der Waals surface area contributed by atoms with E-state index in [1.807, 2.05) is 32.2 Å². The van der Waals surface area contributed by atoms with Crippen LogP contribution in [0.4, 0.5) is 5.69 Å². The van der Waals surface area contributed by atoms with Gasteiger partial charge < -0.3 is 29.5 Å². The van der Waals surface area contributed by atoms with Gasteiger partial charge in [-0.15, -0.1) is 0 Å². The van der Waals surface area contributed by atoms with Crippen molar-refractivity contribution in [2.75, 3.05) is 38.9 Å². The molecule has 0 bridgehead atoms. The van der Waals surface area contributed by atoms with Crippen LogP contribution in [0.2, 0.25) is 0 Å². The first kappa shape index (κ1) is 25.4. The Morgan fingerprint density at radius 2 is 2.00 bits per heavy atom. The Bertz CT molecular complexity index is 1170. The molecule has 2 N–H and O–H groups in total. The van der Waals surface area contributed by atoms with Crippen molar-refractivity contribution in [2.45, 2.75) is 45.4 Å². The number of ether oxygens (including phenoxy) is 3. The SMILES string of the molecule is C[C@@H]1CN([C@@H](C)CO)C(=O)c2cccc(NC(=O)C3CC3)c2O[C@@H]1CN(C)Cc1ccc2c(c1)OCO2. The maximum atomic E-state index is 13.6. The standard InChI is InChI=1S/C28H35N3O6/c1-17-12-31(18(2)15-32)28(34)21-5-4-6-22(29-27(33)20-8-9-20)26(21)37-25(17)14-30(3)13-19-7-10-23-24(11-19)36-16-35-23/h4-7,10-11,17-18,20,25,32H,8-9,12-16H2,1-3H3,(H,29,33)/t17-,18+,25-/m1/s1. The summed E-state index contributed by atoms with van der Waals surface area (Å²) in [7, 11) is 2.03. The quantitative estimate of drug-likeness (QED) is 0.564. The smallest absolute Gasteiger partial charge is 0.258 e. The fourth-order valence-corrected chi connectivity index (χ4v) is 4.86. The molecular weight excluding hydrogens is 474 g/mol. The van der Waals surface area contributed by atoms with Crippen LogP contribution < -0.4 is 19.5 Å². The third-order valence-electron chi connectivity index (χ3n) is 7.28. The molecule has 9 heteroatoms. The van der Waals surface area contributed by atoms with Crippen molar-refractivity contribution in [3.63, 3.8) is 0 Å². The molecule has 1 fully saturated rings. The van der Waals surface area contributed by atoms with Gasteiger partial charge in [-0.25, -0.2) is 0 Å². The van der Waals surface area contributed by atoms with Crippen LogP contribution in [0.15, 0.2) is 36.4 Å². The highest BCUT2D eigenvalue weighted by Gasteiger charge is 2.36. The van der Waals surface area contributed by atoms with Gasteiger partial charge in [-0.1, -0.05) is 19.1 Å². The van der Waals surface area contributed by atoms with E-state index < -0.39 is 0 Å². The number of carbonyl (C=O) groups excluding carboxylic acids is 2. The summed E-state index contributed by atoms with van der Waals surface area (Å²) in [6, 6.07) is 10.9. The zero-order valence-electron chi connectivity index (χ0n) is 21.6. The largest absolute Gasteiger partial charge is 0.486 e. The zero-order valence-corrected chi connectivity index (χ0v) is 21.6. The van der Waals surface area contributed by atoms with Gasteiger partial charge in [0.25, 0.3) is 5.91 Å². The minimum absolute atomic E-state index is 0.0218. The Balaban J connectivity index is 1.41. The number of anilines is 1. The van der Waals surface area contributed by atoms with Gasteiger partial charge in [-0.2, -0.15) is 0 Å². The molecule has 2 aromatic rings. The minimum atomic E-state index is -0.349. The number of amides is 2. The van der Waals surface area contributed by atoms with E-state index in [2.05, 4.69) is 17.1 Å². The van der Waals surface area contributed by atoms with Crippen LogP contribution in [0, 0.1) is 11.8 Å². The molecule has 2 heterocycles. The van der Waals surface area contributed by atoms with Crippen LogP contribution in [0.1, 0.15) is 42.6 Å². The number of nitrogens with zero attached hydrogens (tertiary/aromatic N) is 2. The van der Waals surface area contributed by atoms with Crippen molar-refractivity contribution in [3.05, 3.63) is 47.5 Å². The number of hydrogen-bond donors (Lipinski definition) is 2. The number of aliphatic hydroxyl groups is 1. The Labute approximate surface area is 217 Å². The molecule has 9 nitrogen and oxygen atoms in total. The van der Waals surface area contributed by atoms with E-state index in [0.29, 0.717) is 36.6 Å². The number of rotatable bonds is 8. The van der Waals surface area contributed by atoms with E-state index in [9.17, 15) is 14.7 Å². The van der Waals surface area contributed by atoms with Gasteiger partial charge in [0.1, 0.15) is 6.10 Å². The third kappa shape index (κ3) is 5.52. The molecule has 1 aliphatic carbocycles. The van der Waals surface area contributed by atoms with Crippen molar-refractivity contribution in [2.24, 2.45) is 11.8 Å². The molecule has 0 spiro atoms. The Morgan fingerprint density at radius 3 is 2.76 bits per heavy atom. The monoisotopic (exact) mass is 509 g/mol. The normalized spacial score (nSPS) is 21.6. The lowest BCUT2D eigenvalue weighted by Crippen LogP contribution is -2.49. The van der Waals surface area contributed by atoms with Gasteiger partial charge in [0.15, 0.2) is 17.2 Å². The second-order valence-electron chi connectivity index (χ2n) is 10.5. The number of hydrogen-bond acceptors (Lipinski definition) is 7. The molecule has 0 aromatic heterocycles. The van der Waals surface area contributed by atoms with Crippen molar-refractivity contribution < 1.29 is 28.9 Å². The molecule has 2 aromatic carbocycles. The molecule has 2 amide bonds. The van der Waals surface area contributed by atoms with Crippen LogP contribution in [0.5, 0.6) is 17.2 Å². The average molecular weight is 510 g/mol. The van der Waals surface area contributed by atoms with Crippen LogP contribution in [-0.4, -0.2) is 72.4 Å². The zero-order chi connectivity index (χ0) is 26.1. The molecule has 1 saturated carbocycles. The van der Waals surface area contributed by atoms with Crippen LogP contribution in [0.25, 0.3) is 0 Å². The third-order valence-corrected chi connectivity index (χ3v) is 7.28. The predicted octanol–water partition coefficient (Wildman–Crippen LogP) is 3.12. The number of fused-ring (bicyclic) bond motifs is 2. The first-order chi connectivity index (χ1) is 17.8. The molecule has 3 aliphatic rings.